The minimum atomic E-state index is -0.736. The zero-order valence-electron chi connectivity index (χ0n) is 7.53. The van der Waals surface area contributed by atoms with Gasteiger partial charge in [-0.05, 0) is 6.92 Å². The number of nitrogens with two attached hydrogens (primary N) is 2. The molecule has 1 aromatic heterocycles. The number of rotatable bonds is 2. The minimum Gasteiger partial charge on any atom is -0.461 e. The summed E-state index contributed by atoms with van der Waals surface area (Å²) >= 11 is 0. The molecule has 1 aromatic rings. The van der Waals surface area contributed by atoms with Crippen LogP contribution in [0.1, 0.15) is 17.4 Å². The lowest BCUT2D eigenvalue weighted by Crippen LogP contribution is -2.22. The van der Waals surface area contributed by atoms with Crippen LogP contribution >= 0.6 is 0 Å². The van der Waals surface area contributed by atoms with Gasteiger partial charge in [-0.3, -0.25) is 4.98 Å². The number of anilines is 2. The van der Waals surface area contributed by atoms with Crippen molar-refractivity contribution in [2.45, 2.75) is 6.92 Å². The number of aromatic amines is 1. The van der Waals surface area contributed by atoms with Crippen LogP contribution < -0.4 is 17.2 Å². The Labute approximate surface area is 79.1 Å². The molecule has 0 saturated heterocycles. The highest BCUT2D eigenvalue weighted by Crippen LogP contribution is 2.13. The largest absolute Gasteiger partial charge is 0.461 e. The van der Waals surface area contributed by atoms with E-state index in [1.807, 2.05) is 0 Å². The summed E-state index contributed by atoms with van der Waals surface area (Å²) < 4.78 is 4.65. The number of nitrogens with zero attached hydrogens (tertiary/aromatic N) is 1. The average Bonchev–Trinajstić information content (AvgIpc) is 2.11. The van der Waals surface area contributed by atoms with Gasteiger partial charge in [0.05, 0.1) is 6.61 Å². The number of ether oxygens (including phenoxy) is 1. The van der Waals surface area contributed by atoms with Gasteiger partial charge < -0.3 is 16.2 Å². The van der Waals surface area contributed by atoms with Gasteiger partial charge in [-0.15, -0.1) is 0 Å². The summed E-state index contributed by atoms with van der Waals surface area (Å²) in [4.78, 5) is 27.5. The Morgan fingerprint density at radius 2 is 2.21 bits per heavy atom. The molecule has 0 bridgehead atoms. The lowest BCUT2D eigenvalue weighted by atomic mass is 10.3. The van der Waals surface area contributed by atoms with E-state index in [1.54, 1.807) is 6.92 Å². The van der Waals surface area contributed by atoms with Crippen molar-refractivity contribution < 1.29 is 9.53 Å². The third kappa shape index (κ3) is 1.82. The van der Waals surface area contributed by atoms with E-state index in [9.17, 15) is 9.59 Å². The van der Waals surface area contributed by atoms with Crippen LogP contribution in [0.4, 0.5) is 11.5 Å². The van der Waals surface area contributed by atoms with Crippen LogP contribution in [0, 0.1) is 0 Å². The Hall–Kier alpha value is -2.05. The Morgan fingerprint density at radius 3 is 2.79 bits per heavy atom. The van der Waals surface area contributed by atoms with Crippen molar-refractivity contribution in [3.63, 3.8) is 0 Å². The van der Waals surface area contributed by atoms with Crippen molar-refractivity contribution in [3.8, 4) is 0 Å². The number of nitrogens with one attached hydrogen (secondary N) is 1. The van der Waals surface area contributed by atoms with E-state index in [1.165, 1.54) is 0 Å². The number of hydrogen-bond acceptors (Lipinski definition) is 6. The van der Waals surface area contributed by atoms with Gasteiger partial charge >= 0.3 is 11.7 Å². The Balaban J connectivity index is 3.20. The maximum atomic E-state index is 11.2. The van der Waals surface area contributed by atoms with E-state index in [4.69, 9.17) is 11.5 Å². The number of aromatic nitrogens is 2. The van der Waals surface area contributed by atoms with Crippen molar-refractivity contribution in [1.82, 2.24) is 9.97 Å². The van der Waals surface area contributed by atoms with Crippen molar-refractivity contribution in [3.05, 3.63) is 16.2 Å². The smallest absolute Gasteiger partial charge is 0.357 e. The topological polar surface area (TPSA) is 124 Å². The fraction of sp³-hybridized carbons (Fsp3) is 0.286. The molecule has 5 N–H and O–H groups in total. The Morgan fingerprint density at radius 1 is 1.57 bits per heavy atom. The van der Waals surface area contributed by atoms with Gasteiger partial charge in [0, 0.05) is 0 Å². The van der Waals surface area contributed by atoms with Crippen LogP contribution in [0.15, 0.2) is 4.79 Å². The summed E-state index contributed by atoms with van der Waals surface area (Å²) in [7, 11) is 0. The van der Waals surface area contributed by atoms with Crippen molar-refractivity contribution >= 4 is 17.5 Å². The lowest BCUT2D eigenvalue weighted by molar-refractivity contribution is 0.0520. The van der Waals surface area contributed by atoms with Gasteiger partial charge in [-0.25, -0.2) is 9.59 Å². The third-order valence-corrected chi connectivity index (χ3v) is 1.48. The number of hydrogen-bond donors (Lipinski definition) is 3. The summed E-state index contributed by atoms with van der Waals surface area (Å²) in [5.41, 5.74) is 9.74. The Bertz CT molecular complexity index is 412. The second-order valence-corrected chi connectivity index (χ2v) is 2.44. The van der Waals surface area contributed by atoms with Crippen LogP contribution in [0.25, 0.3) is 0 Å². The highest BCUT2D eigenvalue weighted by molar-refractivity contribution is 5.94. The quantitative estimate of drug-likeness (QED) is 0.529. The molecular weight excluding hydrogens is 188 g/mol. The van der Waals surface area contributed by atoms with Crippen LogP contribution in [-0.2, 0) is 4.74 Å². The first kappa shape index (κ1) is 10.0. The SMILES string of the molecule is CCOC(=O)c1[nH]c(=O)nc(N)c1N. The number of carbonyl (C=O) groups is 1. The second kappa shape index (κ2) is 3.77. The first-order valence-electron chi connectivity index (χ1n) is 3.88. The fourth-order valence-electron chi connectivity index (χ4n) is 0.864. The molecule has 0 radical (unpaired) electrons. The van der Waals surface area contributed by atoms with Gasteiger partial charge in [0.25, 0.3) is 0 Å². The van der Waals surface area contributed by atoms with Crippen LogP contribution in [-0.4, -0.2) is 22.5 Å². The van der Waals surface area contributed by atoms with Gasteiger partial charge in [-0.2, -0.15) is 4.98 Å². The maximum Gasteiger partial charge on any atom is 0.357 e. The van der Waals surface area contributed by atoms with Crippen molar-refractivity contribution in [2.24, 2.45) is 0 Å². The van der Waals surface area contributed by atoms with E-state index in [0.717, 1.165) is 0 Å². The van der Waals surface area contributed by atoms with E-state index in [2.05, 4.69) is 14.7 Å². The van der Waals surface area contributed by atoms with Crippen LogP contribution in [0.5, 0.6) is 0 Å². The molecule has 1 rings (SSSR count). The maximum absolute atomic E-state index is 11.2. The molecule has 0 aliphatic rings. The molecule has 0 unspecified atom stereocenters. The third-order valence-electron chi connectivity index (χ3n) is 1.48. The van der Waals surface area contributed by atoms with Crippen LogP contribution in [0.2, 0.25) is 0 Å². The van der Waals surface area contributed by atoms with Crippen LogP contribution in [0.3, 0.4) is 0 Å². The molecule has 14 heavy (non-hydrogen) atoms. The monoisotopic (exact) mass is 198 g/mol. The number of carbonyl (C=O) groups excluding carboxylic acids is 1. The predicted octanol–water partition coefficient (Wildman–Crippen LogP) is -0.889. The van der Waals surface area contributed by atoms with E-state index >= 15 is 0 Å². The summed E-state index contributed by atoms with van der Waals surface area (Å²) in [6.07, 6.45) is 0. The molecule has 0 saturated carbocycles. The zero-order chi connectivity index (χ0) is 10.7. The number of esters is 1. The van der Waals surface area contributed by atoms with Gasteiger partial charge in [-0.1, -0.05) is 0 Å². The standard InChI is InChI=1S/C7H10N4O3/c1-2-14-6(12)4-3(8)5(9)11-7(13)10-4/h2,8H2,1H3,(H3,9,10,11,13). The molecule has 0 amide bonds. The molecule has 0 aliphatic heterocycles. The summed E-state index contributed by atoms with van der Waals surface area (Å²) in [6.45, 7) is 1.82. The summed E-state index contributed by atoms with van der Waals surface area (Å²) in [6, 6.07) is 0. The molecule has 0 atom stereocenters. The molecule has 7 heteroatoms. The molecular formula is C7H10N4O3. The zero-order valence-corrected chi connectivity index (χ0v) is 7.53. The Kier molecular flexibility index (Phi) is 2.70. The normalized spacial score (nSPS) is 9.79. The molecule has 0 aromatic carbocycles. The second-order valence-electron chi connectivity index (χ2n) is 2.44. The van der Waals surface area contributed by atoms with Crippen molar-refractivity contribution in [1.29, 1.82) is 0 Å². The average molecular weight is 198 g/mol. The first-order chi connectivity index (χ1) is 6.56. The molecule has 0 aliphatic carbocycles. The first-order valence-corrected chi connectivity index (χ1v) is 3.88. The fourth-order valence-corrected chi connectivity index (χ4v) is 0.864. The minimum absolute atomic E-state index is 0.0805. The van der Waals surface area contributed by atoms with Gasteiger partial charge in [0.15, 0.2) is 11.5 Å². The van der Waals surface area contributed by atoms with Gasteiger partial charge in [0.2, 0.25) is 0 Å². The lowest BCUT2D eigenvalue weighted by Gasteiger charge is -2.05. The highest BCUT2D eigenvalue weighted by atomic mass is 16.5. The van der Waals surface area contributed by atoms with E-state index in [0.29, 0.717) is 0 Å². The number of nitrogen functional groups attached to an aromatic ring is 2. The molecule has 0 fully saturated rings. The molecule has 1 heterocycles. The molecule has 0 spiro atoms. The molecule has 7 nitrogen and oxygen atoms in total. The summed E-state index contributed by atoms with van der Waals surface area (Å²) in [5, 5.41) is 0. The number of H-pyrrole nitrogens is 1. The van der Waals surface area contributed by atoms with E-state index < -0.39 is 11.7 Å². The summed E-state index contributed by atoms with van der Waals surface area (Å²) in [5.74, 6) is -0.909. The molecule has 76 valence electrons. The van der Waals surface area contributed by atoms with Crippen molar-refractivity contribution in [2.75, 3.05) is 18.1 Å². The highest BCUT2D eigenvalue weighted by Gasteiger charge is 2.15. The predicted molar refractivity (Wildman–Crippen MR) is 49.6 cm³/mol. The van der Waals surface area contributed by atoms with Gasteiger partial charge in [0.1, 0.15) is 5.69 Å². The van der Waals surface area contributed by atoms with E-state index in [-0.39, 0.29) is 23.8 Å².